The molecule has 3 aliphatic rings. The average molecular weight is 312 g/mol. The second-order valence-electron chi connectivity index (χ2n) is 7.43. The van der Waals surface area contributed by atoms with E-state index >= 15 is 0 Å². The summed E-state index contributed by atoms with van der Waals surface area (Å²) in [5.74, 6) is 3.72. The molecule has 124 valence electrons. The number of hydrogen-bond acceptors (Lipinski definition) is 3. The number of ether oxygens (including phenoxy) is 1. The molecule has 3 nitrogen and oxygen atoms in total. The van der Waals surface area contributed by atoms with Crippen molar-refractivity contribution in [1.29, 1.82) is 0 Å². The molecule has 2 bridgehead atoms. The van der Waals surface area contributed by atoms with E-state index in [1.807, 2.05) is 6.07 Å². The van der Waals surface area contributed by atoms with Crippen LogP contribution in [-0.4, -0.2) is 49.6 Å². The Kier molecular flexibility index (Phi) is 4.41. The molecule has 2 fully saturated rings. The van der Waals surface area contributed by atoms with E-state index in [-0.39, 0.29) is 0 Å². The normalized spacial score (nSPS) is 30.9. The molecule has 0 amide bonds. The smallest absolute Gasteiger partial charge is 0.123 e. The van der Waals surface area contributed by atoms with Crippen molar-refractivity contribution >= 4 is 0 Å². The quantitative estimate of drug-likeness (QED) is 0.777. The first-order valence-corrected chi connectivity index (χ1v) is 9.07. The van der Waals surface area contributed by atoms with Gasteiger partial charge in [-0.05, 0) is 36.7 Å². The molecule has 0 radical (unpaired) electrons. The van der Waals surface area contributed by atoms with Crippen LogP contribution in [0.25, 0.3) is 0 Å². The van der Waals surface area contributed by atoms with Crippen LogP contribution in [0.1, 0.15) is 18.4 Å². The summed E-state index contributed by atoms with van der Waals surface area (Å²) < 4.78 is 5.48. The van der Waals surface area contributed by atoms with Crippen LogP contribution in [0.3, 0.4) is 0 Å². The molecule has 3 heteroatoms. The molecule has 1 aromatic carbocycles. The van der Waals surface area contributed by atoms with E-state index in [0.717, 1.165) is 30.0 Å². The van der Waals surface area contributed by atoms with Crippen LogP contribution in [0.5, 0.6) is 5.75 Å². The Labute approximate surface area is 139 Å². The number of methoxy groups -OCH3 is 1. The van der Waals surface area contributed by atoms with Gasteiger partial charge in [0.05, 0.1) is 7.11 Å². The molecule has 4 rings (SSSR count). The van der Waals surface area contributed by atoms with Crippen molar-refractivity contribution in [3.05, 3.63) is 42.0 Å². The van der Waals surface area contributed by atoms with Gasteiger partial charge in [-0.1, -0.05) is 30.4 Å². The number of para-hydroxylation sites is 1. The van der Waals surface area contributed by atoms with Crippen molar-refractivity contribution < 1.29 is 4.74 Å². The second kappa shape index (κ2) is 6.66. The van der Waals surface area contributed by atoms with E-state index in [9.17, 15) is 0 Å². The number of hydrogen-bond donors (Lipinski definition) is 0. The third-order valence-corrected chi connectivity index (χ3v) is 5.96. The lowest BCUT2D eigenvalue weighted by molar-refractivity contribution is 0.108. The molecule has 1 aromatic rings. The lowest BCUT2D eigenvalue weighted by atomic mass is 9.93. The summed E-state index contributed by atoms with van der Waals surface area (Å²) in [6.45, 7) is 7.10. The van der Waals surface area contributed by atoms with Crippen molar-refractivity contribution in [3.63, 3.8) is 0 Å². The Hall–Kier alpha value is -1.32. The number of fused-ring (bicyclic) bond motifs is 2. The summed E-state index contributed by atoms with van der Waals surface area (Å²) in [5.41, 5.74) is 1.31. The van der Waals surface area contributed by atoms with Crippen LogP contribution in [0.4, 0.5) is 0 Å². The summed E-state index contributed by atoms with van der Waals surface area (Å²) in [6.07, 6.45) is 7.80. The molecule has 0 unspecified atom stereocenters. The van der Waals surface area contributed by atoms with Gasteiger partial charge in [0, 0.05) is 44.8 Å². The molecule has 0 spiro atoms. The minimum absolute atomic E-state index is 0.881. The highest BCUT2D eigenvalue weighted by molar-refractivity contribution is 5.33. The first-order chi connectivity index (χ1) is 11.3. The molecular weight excluding hydrogens is 284 g/mol. The van der Waals surface area contributed by atoms with Crippen molar-refractivity contribution in [1.82, 2.24) is 9.80 Å². The highest BCUT2D eigenvalue weighted by Gasteiger charge is 2.36. The summed E-state index contributed by atoms with van der Waals surface area (Å²) in [5, 5.41) is 0. The molecule has 0 aromatic heterocycles. The highest BCUT2D eigenvalue weighted by atomic mass is 16.5. The lowest BCUT2D eigenvalue weighted by Crippen LogP contribution is -2.47. The van der Waals surface area contributed by atoms with Crippen molar-refractivity contribution in [2.45, 2.75) is 19.4 Å². The molecule has 23 heavy (non-hydrogen) atoms. The molecule has 2 aliphatic carbocycles. The minimum Gasteiger partial charge on any atom is -0.496 e. The molecule has 0 N–H and O–H groups in total. The molecule has 1 heterocycles. The first-order valence-electron chi connectivity index (χ1n) is 9.07. The standard InChI is InChI=1S/C20H28N2O/c1-23-20-5-3-2-4-18(20)14-21-8-10-22(11-9-21)15-19-13-16-6-7-17(19)12-16/h2-7,16-17,19H,8-15H2,1H3/t16-,17+,19-/m1/s1. The van der Waals surface area contributed by atoms with E-state index in [4.69, 9.17) is 4.74 Å². The summed E-state index contributed by atoms with van der Waals surface area (Å²) in [4.78, 5) is 5.26. The second-order valence-corrected chi connectivity index (χ2v) is 7.43. The van der Waals surface area contributed by atoms with Gasteiger partial charge in [-0.3, -0.25) is 4.90 Å². The Morgan fingerprint density at radius 2 is 1.78 bits per heavy atom. The minimum atomic E-state index is 0.881. The SMILES string of the molecule is COc1ccccc1CN1CCN(C[C@H]2C[C@@H]3C=C[C@H]2C3)CC1. The maximum atomic E-state index is 5.48. The Morgan fingerprint density at radius 1 is 1.00 bits per heavy atom. The maximum absolute atomic E-state index is 5.48. The summed E-state index contributed by atoms with van der Waals surface area (Å²) in [6, 6.07) is 8.40. The van der Waals surface area contributed by atoms with E-state index in [0.29, 0.717) is 0 Å². The van der Waals surface area contributed by atoms with Crippen molar-refractivity contribution in [3.8, 4) is 5.75 Å². The van der Waals surface area contributed by atoms with Crippen LogP contribution in [0.15, 0.2) is 36.4 Å². The Morgan fingerprint density at radius 3 is 2.48 bits per heavy atom. The van der Waals surface area contributed by atoms with Gasteiger partial charge >= 0.3 is 0 Å². The van der Waals surface area contributed by atoms with Gasteiger partial charge in [-0.25, -0.2) is 0 Å². The van der Waals surface area contributed by atoms with Crippen LogP contribution >= 0.6 is 0 Å². The summed E-state index contributed by atoms with van der Waals surface area (Å²) in [7, 11) is 1.76. The number of allylic oxidation sites excluding steroid dienone is 2. The molecular formula is C20H28N2O. The van der Waals surface area contributed by atoms with E-state index in [2.05, 4.69) is 40.2 Å². The molecule has 1 saturated heterocycles. The zero-order chi connectivity index (χ0) is 15.6. The molecule has 1 saturated carbocycles. The van der Waals surface area contributed by atoms with Gasteiger partial charge in [-0.2, -0.15) is 0 Å². The zero-order valence-electron chi connectivity index (χ0n) is 14.2. The highest BCUT2D eigenvalue weighted by Crippen LogP contribution is 2.43. The van der Waals surface area contributed by atoms with Crippen molar-refractivity contribution in [2.75, 3.05) is 39.8 Å². The maximum Gasteiger partial charge on any atom is 0.123 e. The van der Waals surface area contributed by atoms with Gasteiger partial charge in [-0.15, -0.1) is 0 Å². The van der Waals surface area contributed by atoms with E-state index in [1.54, 1.807) is 7.11 Å². The number of nitrogens with zero attached hydrogens (tertiary/aromatic N) is 2. The summed E-state index contributed by atoms with van der Waals surface area (Å²) >= 11 is 0. The monoisotopic (exact) mass is 312 g/mol. The fourth-order valence-corrected chi connectivity index (χ4v) is 4.64. The molecule has 3 atom stereocenters. The number of rotatable bonds is 5. The largest absolute Gasteiger partial charge is 0.496 e. The van der Waals surface area contributed by atoms with Gasteiger partial charge in [0.2, 0.25) is 0 Å². The zero-order valence-corrected chi connectivity index (χ0v) is 14.2. The van der Waals surface area contributed by atoms with Crippen LogP contribution in [0.2, 0.25) is 0 Å². The third-order valence-electron chi connectivity index (χ3n) is 5.96. The topological polar surface area (TPSA) is 15.7 Å². The fourth-order valence-electron chi connectivity index (χ4n) is 4.64. The fraction of sp³-hybridized carbons (Fsp3) is 0.600. The first kappa shape index (κ1) is 15.2. The van der Waals surface area contributed by atoms with Crippen molar-refractivity contribution in [2.24, 2.45) is 17.8 Å². The predicted octanol–water partition coefficient (Wildman–Crippen LogP) is 3.03. The Bertz CT molecular complexity index is 563. The van der Waals surface area contributed by atoms with E-state index < -0.39 is 0 Å². The van der Waals surface area contributed by atoms with Crippen LogP contribution in [0, 0.1) is 17.8 Å². The van der Waals surface area contributed by atoms with Gasteiger partial charge in [0.25, 0.3) is 0 Å². The van der Waals surface area contributed by atoms with Gasteiger partial charge in [0.1, 0.15) is 5.75 Å². The average Bonchev–Trinajstić information content (AvgIpc) is 3.20. The molecule has 1 aliphatic heterocycles. The van der Waals surface area contributed by atoms with Crippen LogP contribution < -0.4 is 4.74 Å². The van der Waals surface area contributed by atoms with E-state index in [1.165, 1.54) is 51.1 Å². The number of benzene rings is 1. The van der Waals surface area contributed by atoms with Gasteiger partial charge < -0.3 is 9.64 Å². The van der Waals surface area contributed by atoms with Gasteiger partial charge in [0.15, 0.2) is 0 Å². The number of piperazine rings is 1. The third kappa shape index (κ3) is 3.31. The van der Waals surface area contributed by atoms with Crippen LogP contribution in [-0.2, 0) is 6.54 Å². The predicted molar refractivity (Wildman–Crippen MR) is 93.6 cm³/mol. The Balaban J connectivity index is 1.27. The lowest BCUT2D eigenvalue weighted by Gasteiger charge is -2.37.